The van der Waals surface area contributed by atoms with Crippen molar-refractivity contribution >= 4 is 17.5 Å². The van der Waals surface area contributed by atoms with Gasteiger partial charge < -0.3 is 15.1 Å². The second kappa shape index (κ2) is 9.88. The third-order valence-corrected chi connectivity index (χ3v) is 7.11. The van der Waals surface area contributed by atoms with Gasteiger partial charge >= 0.3 is 0 Å². The van der Waals surface area contributed by atoms with Crippen LogP contribution in [-0.2, 0) is 4.79 Å². The van der Waals surface area contributed by atoms with Crippen LogP contribution in [0.25, 0.3) is 0 Å². The molecule has 2 atom stereocenters. The van der Waals surface area contributed by atoms with E-state index in [0.29, 0.717) is 6.54 Å². The summed E-state index contributed by atoms with van der Waals surface area (Å²) < 4.78 is 0. The molecule has 32 heavy (non-hydrogen) atoms. The summed E-state index contributed by atoms with van der Waals surface area (Å²) in [6, 6.07) is 10.6. The molecule has 1 amide bonds. The van der Waals surface area contributed by atoms with Crippen molar-refractivity contribution < 1.29 is 4.79 Å². The minimum absolute atomic E-state index is 0.00446. The van der Waals surface area contributed by atoms with E-state index in [0.717, 1.165) is 50.0 Å². The first-order valence-electron chi connectivity index (χ1n) is 12.1. The molecule has 3 heterocycles. The van der Waals surface area contributed by atoms with Gasteiger partial charge in [-0.2, -0.15) is 0 Å². The number of hydrogen-bond acceptors (Lipinski definition) is 5. The SMILES string of the molecule is Cc1ccc([C@H](C)NC(=O)[C@H]2CCCN(c3ccc(N4CCC(C)CC4)nn3)C2)c(C)c1. The average molecular weight is 436 g/mol. The number of rotatable bonds is 5. The molecular weight excluding hydrogens is 398 g/mol. The van der Waals surface area contributed by atoms with Gasteiger partial charge in [0.05, 0.1) is 12.0 Å². The van der Waals surface area contributed by atoms with Crippen molar-refractivity contribution in [2.24, 2.45) is 11.8 Å². The van der Waals surface area contributed by atoms with E-state index in [2.05, 4.69) is 83.3 Å². The van der Waals surface area contributed by atoms with Crippen LogP contribution < -0.4 is 15.1 Å². The molecule has 172 valence electrons. The number of carbonyl (C=O) groups excluding carboxylic acids is 1. The van der Waals surface area contributed by atoms with Gasteiger partial charge in [-0.25, -0.2) is 0 Å². The molecule has 2 aliphatic rings. The molecule has 2 aromatic rings. The Kier molecular flexibility index (Phi) is 6.97. The Hall–Kier alpha value is -2.63. The Morgan fingerprint density at radius 2 is 1.69 bits per heavy atom. The van der Waals surface area contributed by atoms with Gasteiger partial charge in [0, 0.05) is 26.2 Å². The van der Waals surface area contributed by atoms with Gasteiger partial charge in [0.25, 0.3) is 0 Å². The summed E-state index contributed by atoms with van der Waals surface area (Å²) in [5.41, 5.74) is 3.65. The fourth-order valence-electron chi connectivity index (χ4n) is 5.01. The van der Waals surface area contributed by atoms with Crippen LogP contribution in [0.1, 0.15) is 62.3 Å². The summed E-state index contributed by atoms with van der Waals surface area (Å²) in [7, 11) is 0. The first-order chi connectivity index (χ1) is 15.4. The highest BCUT2D eigenvalue weighted by atomic mass is 16.2. The van der Waals surface area contributed by atoms with Gasteiger partial charge in [0.15, 0.2) is 11.6 Å². The number of aryl methyl sites for hydroxylation is 2. The minimum atomic E-state index is -0.0259. The average Bonchev–Trinajstić information content (AvgIpc) is 2.79. The molecule has 4 rings (SSSR count). The van der Waals surface area contributed by atoms with E-state index < -0.39 is 0 Å². The maximum atomic E-state index is 13.0. The van der Waals surface area contributed by atoms with Gasteiger partial charge in [0.1, 0.15) is 0 Å². The number of hydrogen-bond donors (Lipinski definition) is 1. The molecule has 0 saturated carbocycles. The van der Waals surface area contributed by atoms with Crippen LogP contribution in [0.4, 0.5) is 11.6 Å². The number of benzene rings is 1. The number of carbonyl (C=O) groups is 1. The van der Waals surface area contributed by atoms with Gasteiger partial charge in [-0.05, 0) is 75.6 Å². The molecule has 0 unspecified atom stereocenters. The lowest BCUT2D eigenvalue weighted by Gasteiger charge is -2.34. The molecule has 2 fully saturated rings. The summed E-state index contributed by atoms with van der Waals surface area (Å²) in [5.74, 6) is 2.75. The number of nitrogens with one attached hydrogen (secondary N) is 1. The van der Waals surface area contributed by atoms with Gasteiger partial charge in [-0.15, -0.1) is 10.2 Å². The van der Waals surface area contributed by atoms with Gasteiger partial charge in [-0.3, -0.25) is 4.79 Å². The molecule has 1 N–H and O–H groups in total. The molecule has 2 aliphatic heterocycles. The van der Waals surface area contributed by atoms with E-state index in [-0.39, 0.29) is 17.9 Å². The number of aromatic nitrogens is 2. The maximum Gasteiger partial charge on any atom is 0.225 e. The van der Waals surface area contributed by atoms with E-state index in [9.17, 15) is 4.79 Å². The number of anilines is 2. The predicted octanol–water partition coefficient (Wildman–Crippen LogP) is 4.42. The maximum absolute atomic E-state index is 13.0. The molecule has 0 spiro atoms. The fraction of sp³-hybridized carbons (Fsp3) is 0.577. The van der Waals surface area contributed by atoms with Crippen molar-refractivity contribution in [2.45, 2.75) is 59.4 Å². The molecule has 1 aromatic carbocycles. The van der Waals surface area contributed by atoms with Crippen LogP contribution in [0, 0.1) is 25.7 Å². The Labute approximate surface area is 192 Å². The van der Waals surface area contributed by atoms with Crippen LogP contribution in [-0.4, -0.2) is 42.3 Å². The quantitative estimate of drug-likeness (QED) is 0.753. The van der Waals surface area contributed by atoms with Crippen molar-refractivity contribution in [1.29, 1.82) is 0 Å². The first kappa shape index (κ1) is 22.6. The first-order valence-corrected chi connectivity index (χ1v) is 12.1. The lowest BCUT2D eigenvalue weighted by atomic mass is 9.95. The van der Waals surface area contributed by atoms with Crippen molar-refractivity contribution in [3.8, 4) is 0 Å². The molecule has 0 bridgehead atoms. The highest BCUT2D eigenvalue weighted by Crippen LogP contribution is 2.26. The zero-order valence-corrected chi connectivity index (χ0v) is 20.0. The monoisotopic (exact) mass is 435 g/mol. The standard InChI is InChI=1S/C26H37N5O/c1-18-11-14-30(15-12-18)24-9-10-25(29-28-24)31-13-5-6-22(17-31)26(32)27-21(4)23-8-7-19(2)16-20(23)3/h7-10,16,18,21-22H,5-6,11-15,17H2,1-4H3,(H,27,32)/t21-,22-/m0/s1. The van der Waals surface area contributed by atoms with Crippen LogP contribution in [0.2, 0.25) is 0 Å². The van der Waals surface area contributed by atoms with E-state index >= 15 is 0 Å². The van der Waals surface area contributed by atoms with Gasteiger partial charge in [-0.1, -0.05) is 30.7 Å². The van der Waals surface area contributed by atoms with Crippen LogP contribution in [0.5, 0.6) is 0 Å². The number of piperidine rings is 2. The Bertz CT molecular complexity index is 920. The fourth-order valence-corrected chi connectivity index (χ4v) is 5.01. The van der Waals surface area contributed by atoms with Crippen LogP contribution >= 0.6 is 0 Å². The van der Waals surface area contributed by atoms with Crippen LogP contribution in [0.15, 0.2) is 30.3 Å². The summed E-state index contributed by atoms with van der Waals surface area (Å²) in [5, 5.41) is 12.3. The lowest BCUT2D eigenvalue weighted by Crippen LogP contribution is -2.44. The molecule has 1 aromatic heterocycles. The third kappa shape index (κ3) is 5.22. The highest BCUT2D eigenvalue weighted by Gasteiger charge is 2.28. The lowest BCUT2D eigenvalue weighted by molar-refractivity contribution is -0.125. The van der Waals surface area contributed by atoms with Crippen LogP contribution in [0.3, 0.4) is 0 Å². The molecule has 0 aliphatic carbocycles. The highest BCUT2D eigenvalue weighted by molar-refractivity contribution is 5.80. The van der Waals surface area contributed by atoms with Crippen molar-refractivity contribution in [3.63, 3.8) is 0 Å². The molecule has 6 nitrogen and oxygen atoms in total. The number of amides is 1. The van der Waals surface area contributed by atoms with Crippen molar-refractivity contribution in [2.75, 3.05) is 36.0 Å². The van der Waals surface area contributed by atoms with E-state index in [1.165, 1.54) is 29.5 Å². The Morgan fingerprint density at radius 1 is 1.00 bits per heavy atom. The third-order valence-electron chi connectivity index (χ3n) is 7.11. The molecular formula is C26H37N5O. The van der Waals surface area contributed by atoms with Crippen molar-refractivity contribution in [1.82, 2.24) is 15.5 Å². The van der Waals surface area contributed by atoms with Crippen molar-refractivity contribution in [3.05, 3.63) is 47.0 Å². The summed E-state index contributed by atoms with van der Waals surface area (Å²) in [6.07, 6.45) is 4.34. The summed E-state index contributed by atoms with van der Waals surface area (Å²) >= 11 is 0. The van der Waals surface area contributed by atoms with E-state index in [1.807, 2.05) is 0 Å². The second-order valence-electron chi connectivity index (χ2n) is 9.79. The zero-order valence-electron chi connectivity index (χ0n) is 20.0. The normalized spacial score (nSPS) is 20.8. The Balaban J connectivity index is 1.36. The van der Waals surface area contributed by atoms with Gasteiger partial charge in [0.2, 0.25) is 5.91 Å². The zero-order chi connectivity index (χ0) is 22.7. The Morgan fingerprint density at radius 3 is 2.34 bits per heavy atom. The van der Waals surface area contributed by atoms with E-state index in [1.54, 1.807) is 0 Å². The topological polar surface area (TPSA) is 61.4 Å². The largest absolute Gasteiger partial charge is 0.355 e. The molecule has 2 saturated heterocycles. The smallest absolute Gasteiger partial charge is 0.225 e. The summed E-state index contributed by atoms with van der Waals surface area (Å²) in [6.45, 7) is 12.3. The van der Waals surface area contributed by atoms with E-state index in [4.69, 9.17) is 0 Å². The molecule has 6 heteroatoms. The number of nitrogens with zero attached hydrogens (tertiary/aromatic N) is 4. The summed E-state index contributed by atoms with van der Waals surface area (Å²) in [4.78, 5) is 17.6. The minimum Gasteiger partial charge on any atom is -0.355 e. The second-order valence-corrected chi connectivity index (χ2v) is 9.79. The molecule has 0 radical (unpaired) electrons. The predicted molar refractivity (Wildman–Crippen MR) is 130 cm³/mol.